The lowest BCUT2D eigenvalue weighted by Crippen LogP contribution is -2.23. The fourth-order valence-electron chi connectivity index (χ4n) is 2.03. The van der Waals surface area contributed by atoms with Crippen LogP contribution in [0.15, 0.2) is 12.3 Å². The molecule has 2 heterocycles. The molecule has 0 fully saturated rings. The Morgan fingerprint density at radius 2 is 2.33 bits per heavy atom. The van der Waals surface area contributed by atoms with Crippen molar-refractivity contribution in [2.45, 2.75) is 27.2 Å². The highest BCUT2D eigenvalue weighted by Crippen LogP contribution is 2.21. The summed E-state index contributed by atoms with van der Waals surface area (Å²) in [5.74, 6) is -0.0900. The fraction of sp³-hybridized carbons (Fsp3) is 0.467. The number of nitrogens with zero attached hydrogens (tertiary/aromatic N) is 2. The molecule has 0 saturated heterocycles. The van der Waals surface area contributed by atoms with Gasteiger partial charge in [0.2, 0.25) is 5.91 Å². The van der Waals surface area contributed by atoms with Gasteiger partial charge < -0.3 is 10.1 Å². The lowest BCUT2D eigenvalue weighted by Gasteiger charge is -2.02. The Balaban J connectivity index is 1.93. The first-order valence-electron chi connectivity index (χ1n) is 7.10. The molecule has 2 rings (SSSR count). The van der Waals surface area contributed by atoms with Crippen LogP contribution < -0.4 is 5.32 Å². The van der Waals surface area contributed by atoms with E-state index < -0.39 is 0 Å². The average Bonchev–Trinajstić information content (AvgIpc) is 2.91. The molecule has 0 aliphatic rings. The van der Waals surface area contributed by atoms with Crippen molar-refractivity contribution in [1.82, 2.24) is 14.7 Å². The minimum absolute atomic E-state index is 0.0900. The van der Waals surface area contributed by atoms with E-state index in [1.807, 2.05) is 37.4 Å². The first-order valence-corrected chi connectivity index (χ1v) is 7.92. The summed E-state index contributed by atoms with van der Waals surface area (Å²) in [6.45, 7) is 7.98. The maximum absolute atomic E-state index is 11.8. The van der Waals surface area contributed by atoms with E-state index in [2.05, 4.69) is 10.3 Å². The highest BCUT2D eigenvalue weighted by atomic mass is 32.1. The average molecular weight is 307 g/mol. The van der Waals surface area contributed by atoms with Crippen LogP contribution in [0.25, 0.3) is 11.0 Å². The molecule has 0 bridgehead atoms. The molecule has 114 valence electrons. The molecule has 2 aromatic rings. The van der Waals surface area contributed by atoms with Crippen molar-refractivity contribution in [3.05, 3.63) is 28.5 Å². The molecule has 0 spiro atoms. The number of aromatic nitrogens is 2. The second-order valence-electron chi connectivity index (χ2n) is 4.75. The molecule has 0 aromatic carbocycles. The van der Waals surface area contributed by atoms with E-state index in [-0.39, 0.29) is 5.91 Å². The van der Waals surface area contributed by atoms with Crippen LogP contribution in [0.2, 0.25) is 0 Å². The van der Waals surface area contributed by atoms with Crippen LogP contribution in [0.4, 0.5) is 0 Å². The highest BCUT2D eigenvalue weighted by Gasteiger charge is 2.08. The first kappa shape index (κ1) is 15.7. The van der Waals surface area contributed by atoms with E-state index in [1.165, 1.54) is 4.88 Å². The number of aryl methyl sites for hydroxylation is 2. The summed E-state index contributed by atoms with van der Waals surface area (Å²) in [4.78, 5) is 18.4. The molecule has 0 aliphatic heterocycles. The zero-order valence-electron chi connectivity index (χ0n) is 12.7. The summed E-state index contributed by atoms with van der Waals surface area (Å²) >= 11 is 1.65. The second kappa shape index (κ2) is 7.38. The maximum Gasteiger partial charge on any atom is 0.244 e. The Labute approximate surface area is 128 Å². The summed E-state index contributed by atoms with van der Waals surface area (Å²) in [7, 11) is 0. The van der Waals surface area contributed by atoms with Crippen molar-refractivity contribution in [3.63, 3.8) is 0 Å². The molecule has 0 aliphatic carbocycles. The van der Waals surface area contributed by atoms with Gasteiger partial charge in [0.15, 0.2) is 4.96 Å². The third kappa shape index (κ3) is 4.15. The molecule has 0 saturated carbocycles. The molecule has 0 atom stereocenters. The van der Waals surface area contributed by atoms with Gasteiger partial charge in [-0.2, -0.15) is 0 Å². The number of rotatable bonds is 7. The molecule has 6 heteroatoms. The standard InChI is InChI=1S/C15H21N3O2S/c1-4-20-9-5-8-16-14(19)7-6-13-12(3)17-15-18(13)10-11(2)21-15/h6-7,10H,4-5,8-9H2,1-3H3,(H,16,19)/b7-6+. The lowest BCUT2D eigenvalue weighted by atomic mass is 10.3. The number of thiazole rings is 1. The van der Waals surface area contributed by atoms with Crippen molar-refractivity contribution in [2.75, 3.05) is 19.8 Å². The third-order valence-corrected chi connectivity index (χ3v) is 3.92. The third-order valence-electron chi connectivity index (χ3n) is 3.02. The van der Waals surface area contributed by atoms with Crippen LogP contribution in [0.3, 0.4) is 0 Å². The smallest absolute Gasteiger partial charge is 0.244 e. The Hall–Kier alpha value is -1.66. The van der Waals surface area contributed by atoms with Crippen molar-refractivity contribution in [2.24, 2.45) is 0 Å². The minimum atomic E-state index is -0.0900. The number of hydrogen-bond donors (Lipinski definition) is 1. The van der Waals surface area contributed by atoms with Crippen LogP contribution >= 0.6 is 11.3 Å². The van der Waals surface area contributed by atoms with E-state index in [4.69, 9.17) is 4.74 Å². The van der Waals surface area contributed by atoms with Crippen LogP contribution in [0.1, 0.15) is 29.6 Å². The van der Waals surface area contributed by atoms with Gasteiger partial charge >= 0.3 is 0 Å². The molecule has 0 radical (unpaired) electrons. The van der Waals surface area contributed by atoms with E-state index in [0.717, 1.165) is 22.8 Å². The summed E-state index contributed by atoms with van der Waals surface area (Å²) in [5.41, 5.74) is 1.89. The number of imidazole rings is 1. The van der Waals surface area contributed by atoms with Gasteiger partial charge in [0.25, 0.3) is 0 Å². The Morgan fingerprint density at radius 1 is 1.52 bits per heavy atom. The molecule has 5 nitrogen and oxygen atoms in total. The van der Waals surface area contributed by atoms with Gasteiger partial charge in [-0.3, -0.25) is 9.20 Å². The van der Waals surface area contributed by atoms with E-state index in [1.54, 1.807) is 17.4 Å². The molecule has 0 unspecified atom stereocenters. The zero-order valence-corrected chi connectivity index (χ0v) is 13.5. The molecule has 21 heavy (non-hydrogen) atoms. The van der Waals surface area contributed by atoms with Crippen LogP contribution in [-0.4, -0.2) is 35.1 Å². The van der Waals surface area contributed by atoms with Gasteiger partial charge in [-0.1, -0.05) is 0 Å². The molecular weight excluding hydrogens is 286 g/mol. The van der Waals surface area contributed by atoms with Crippen molar-refractivity contribution in [3.8, 4) is 0 Å². The van der Waals surface area contributed by atoms with Gasteiger partial charge in [0, 0.05) is 36.9 Å². The number of nitrogens with one attached hydrogen (secondary N) is 1. The number of hydrogen-bond acceptors (Lipinski definition) is 4. The van der Waals surface area contributed by atoms with Crippen molar-refractivity contribution >= 4 is 28.3 Å². The first-order chi connectivity index (χ1) is 10.1. The number of carbonyl (C=O) groups is 1. The van der Waals surface area contributed by atoms with Crippen LogP contribution in [0, 0.1) is 13.8 Å². The van der Waals surface area contributed by atoms with Gasteiger partial charge in [-0.05, 0) is 33.3 Å². The molecule has 1 N–H and O–H groups in total. The summed E-state index contributed by atoms with van der Waals surface area (Å²) in [6, 6.07) is 0. The molecule has 2 aromatic heterocycles. The van der Waals surface area contributed by atoms with E-state index in [9.17, 15) is 4.79 Å². The maximum atomic E-state index is 11.8. The number of carbonyl (C=O) groups excluding carboxylic acids is 1. The van der Waals surface area contributed by atoms with Gasteiger partial charge in [-0.25, -0.2) is 4.98 Å². The summed E-state index contributed by atoms with van der Waals surface area (Å²) in [6.07, 6.45) is 6.25. The topological polar surface area (TPSA) is 55.6 Å². The normalized spacial score (nSPS) is 11.6. The SMILES string of the molecule is CCOCCCNC(=O)/C=C/c1c(C)nc2sc(C)cn12. The summed E-state index contributed by atoms with van der Waals surface area (Å²) < 4.78 is 7.24. The Morgan fingerprint density at radius 3 is 3.10 bits per heavy atom. The zero-order chi connectivity index (χ0) is 15.2. The molecular formula is C15H21N3O2S. The fourth-order valence-corrected chi connectivity index (χ4v) is 2.90. The second-order valence-corrected chi connectivity index (χ2v) is 5.96. The Bertz CT molecular complexity index is 643. The number of ether oxygens (including phenoxy) is 1. The Kier molecular flexibility index (Phi) is 5.52. The van der Waals surface area contributed by atoms with E-state index in [0.29, 0.717) is 19.8 Å². The number of amides is 1. The van der Waals surface area contributed by atoms with Crippen molar-refractivity contribution in [1.29, 1.82) is 0 Å². The predicted octanol–water partition coefficient (Wildman–Crippen LogP) is 2.57. The monoisotopic (exact) mass is 307 g/mol. The lowest BCUT2D eigenvalue weighted by molar-refractivity contribution is -0.116. The summed E-state index contributed by atoms with van der Waals surface area (Å²) in [5, 5.41) is 2.84. The van der Waals surface area contributed by atoms with E-state index >= 15 is 0 Å². The van der Waals surface area contributed by atoms with Gasteiger partial charge in [0.05, 0.1) is 11.4 Å². The number of fused-ring (bicyclic) bond motifs is 1. The largest absolute Gasteiger partial charge is 0.382 e. The van der Waals surface area contributed by atoms with Crippen LogP contribution in [0.5, 0.6) is 0 Å². The van der Waals surface area contributed by atoms with Gasteiger partial charge in [0.1, 0.15) is 0 Å². The van der Waals surface area contributed by atoms with Gasteiger partial charge in [-0.15, -0.1) is 11.3 Å². The molecule has 1 amide bonds. The highest BCUT2D eigenvalue weighted by molar-refractivity contribution is 7.17. The van der Waals surface area contributed by atoms with Crippen molar-refractivity contribution < 1.29 is 9.53 Å². The predicted molar refractivity (Wildman–Crippen MR) is 85.7 cm³/mol. The minimum Gasteiger partial charge on any atom is -0.382 e. The van der Waals surface area contributed by atoms with Crippen LogP contribution in [-0.2, 0) is 9.53 Å². The quantitative estimate of drug-likeness (QED) is 0.632.